The van der Waals surface area contributed by atoms with Crippen LogP contribution in [0.5, 0.6) is 0 Å². The molecule has 2 aliphatic carbocycles. The zero-order chi connectivity index (χ0) is 80.7. The first-order valence-corrected chi connectivity index (χ1v) is 43.1. The van der Waals surface area contributed by atoms with Crippen molar-refractivity contribution in [1.29, 1.82) is 0 Å². The topological polar surface area (TPSA) is 19.7 Å². The van der Waals surface area contributed by atoms with E-state index in [1.54, 1.807) is 0 Å². The quantitative estimate of drug-likeness (QED) is 0.137. The molecule has 0 amide bonds. The predicted molar refractivity (Wildman–Crippen MR) is 525 cm³/mol. The summed E-state index contributed by atoms with van der Waals surface area (Å²) in [6.45, 7) is 0. The SMILES string of the molecule is c1ccc(-n2c3ccc(-c4cccc(-n5c6ccccc6c6cc(-c7ccc8c9ccc%10ccccc%10c9n(-c9ccc%10ccc(-c%11ccc%12c%13c(cccc%11%13)-c%11ccccc%11-%12)cc%10c9)c8c7)ccc65)c4)cc3c3ccc(-c4ccc5c6ccc7ccccc7c6n(-c6ccc7cc(-c8ccc9c%10c(cccc8%10)-c8ccccc8-9)ccc7c6)c5c4)cc32)cc1. The predicted octanol–water partition coefficient (Wildman–Crippen LogP) is 32.6. The van der Waals surface area contributed by atoms with Crippen LogP contribution in [0.4, 0.5) is 0 Å². The van der Waals surface area contributed by atoms with Crippen LogP contribution in [0.15, 0.2) is 425 Å². The third-order valence-electron chi connectivity index (χ3n) is 27.7. The van der Waals surface area contributed by atoms with Crippen molar-refractivity contribution in [2.75, 3.05) is 0 Å². The van der Waals surface area contributed by atoms with Gasteiger partial charge in [0.15, 0.2) is 0 Å². The van der Waals surface area contributed by atoms with E-state index in [0.717, 1.165) is 61.6 Å². The number of hydrogen-bond donors (Lipinski definition) is 0. The Morgan fingerprint density at radius 2 is 0.460 bits per heavy atom. The van der Waals surface area contributed by atoms with E-state index in [9.17, 15) is 0 Å². The molecule has 4 heterocycles. The standard InChI is InChI=1S/C120H70N4/c1-2-20-85(21-3-1)121-112-59-46-77(66-110(112)100-52-45-80(68-114(100)121)81-44-51-99-107-53-41-72-17-4-6-23-91(72)119(107)123(116(99)70-81)87-49-40-75-61-82(38-36-76(75)64-87)89-55-57-105-95-27-10-8-25-93(95)103-32-15-30-101(89)117(103)105)74-19-14-22-86(63-74)122-111-34-13-12-29-97(111)109-67-78(47-60-113(109)122)79-43-50-98-108-54-42-73-18-5-7-24-92(73)120(108)124(115(98)69-79)88-48-39-71-35-37-83(62-84(71)65-88)90-56-58-106-96-28-11-9-26-94(96)104-33-16-31-102(90)118(104)106/h1-70H. The summed E-state index contributed by atoms with van der Waals surface area (Å²) in [5, 5.41) is 24.8. The molecule has 4 nitrogen and oxygen atoms in total. The third-order valence-corrected chi connectivity index (χ3v) is 27.7. The fourth-order valence-corrected chi connectivity index (χ4v) is 22.1. The second-order valence-electron chi connectivity index (χ2n) is 34.1. The van der Waals surface area contributed by atoms with Crippen molar-refractivity contribution in [3.63, 3.8) is 0 Å². The van der Waals surface area contributed by atoms with Gasteiger partial charge in [0.05, 0.1) is 44.1 Å². The van der Waals surface area contributed by atoms with Crippen molar-refractivity contribution in [2.24, 2.45) is 0 Å². The number of hydrogen-bond acceptors (Lipinski definition) is 0. The lowest BCUT2D eigenvalue weighted by Gasteiger charge is -2.14. The fourth-order valence-electron chi connectivity index (χ4n) is 22.1. The maximum atomic E-state index is 2.53. The van der Waals surface area contributed by atoms with E-state index in [0.29, 0.717) is 0 Å². The van der Waals surface area contributed by atoms with Gasteiger partial charge in [-0.05, 0) is 263 Å². The number of benzene rings is 22. The van der Waals surface area contributed by atoms with Crippen LogP contribution in [0.3, 0.4) is 0 Å². The van der Waals surface area contributed by atoms with Crippen LogP contribution in [0.1, 0.15) is 0 Å². The summed E-state index contributed by atoms with van der Waals surface area (Å²) in [5.41, 5.74) is 36.4. The van der Waals surface area contributed by atoms with E-state index < -0.39 is 0 Å². The number of aromatic nitrogens is 4. The van der Waals surface area contributed by atoms with E-state index >= 15 is 0 Å². The molecule has 0 unspecified atom stereocenters. The number of rotatable bonds is 9. The molecular formula is C120H70N4. The minimum Gasteiger partial charge on any atom is -0.309 e. The van der Waals surface area contributed by atoms with Gasteiger partial charge in [-0.1, -0.05) is 315 Å². The monoisotopic (exact) mass is 1570 g/mol. The lowest BCUT2D eigenvalue weighted by molar-refractivity contribution is 1.18. The maximum Gasteiger partial charge on any atom is 0.0619 e. The minimum atomic E-state index is 1.11. The van der Waals surface area contributed by atoms with Gasteiger partial charge in [0, 0.05) is 76.6 Å². The molecule has 0 bridgehead atoms. The van der Waals surface area contributed by atoms with Crippen LogP contribution in [0, 0.1) is 0 Å². The molecular weight excluding hydrogens is 1500 g/mol. The normalized spacial score (nSPS) is 12.4. The average Bonchev–Trinajstić information content (AvgIpc) is 1.58. The van der Waals surface area contributed by atoms with Crippen molar-refractivity contribution in [2.45, 2.75) is 0 Å². The van der Waals surface area contributed by atoms with E-state index in [1.807, 2.05) is 0 Å². The molecule has 0 radical (unpaired) electrons. The van der Waals surface area contributed by atoms with Crippen LogP contribution in [-0.2, 0) is 0 Å². The first-order valence-electron chi connectivity index (χ1n) is 43.1. The summed E-state index contributed by atoms with van der Waals surface area (Å²) in [6, 6.07) is 160. The van der Waals surface area contributed by atoms with Crippen molar-refractivity contribution >= 4 is 152 Å². The molecule has 124 heavy (non-hydrogen) atoms. The van der Waals surface area contributed by atoms with Crippen LogP contribution in [0.2, 0.25) is 0 Å². The molecule has 0 atom stereocenters. The summed E-state index contributed by atoms with van der Waals surface area (Å²) < 4.78 is 9.98. The molecule has 4 aromatic heterocycles. The van der Waals surface area contributed by atoms with Gasteiger partial charge in [-0.25, -0.2) is 0 Å². The Morgan fingerprint density at radius 3 is 1.03 bits per heavy atom. The lowest BCUT2D eigenvalue weighted by Crippen LogP contribution is -1.95. The van der Waals surface area contributed by atoms with Crippen molar-refractivity contribution in [1.82, 2.24) is 18.3 Å². The second-order valence-corrected chi connectivity index (χ2v) is 34.1. The van der Waals surface area contributed by atoms with Crippen LogP contribution in [0.25, 0.3) is 275 Å². The van der Waals surface area contributed by atoms with Crippen LogP contribution in [-0.4, -0.2) is 18.3 Å². The van der Waals surface area contributed by atoms with E-state index in [2.05, 4.69) is 443 Å². The highest BCUT2D eigenvalue weighted by molar-refractivity contribution is 6.24. The van der Waals surface area contributed by atoms with Gasteiger partial charge < -0.3 is 18.3 Å². The van der Waals surface area contributed by atoms with Crippen LogP contribution < -0.4 is 0 Å². The molecule has 0 saturated heterocycles. The average molecular weight is 1570 g/mol. The molecule has 0 N–H and O–H groups in total. The molecule has 0 saturated carbocycles. The lowest BCUT2D eigenvalue weighted by atomic mass is 9.93. The molecule has 4 heteroatoms. The second kappa shape index (κ2) is 25.6. The smallest absolute Gasteiger partial charge is 0.0619 e. The Hall–Kier alpha value is -16.4. The van der Waals surface area contributed by atoms with Gasteiger partial charge in [0.2, 0.25) is 0 Å². The molecule has 28 rings (SSSR count). The van der Waals surface area contributed by atoms with Gasteiger partial charge in [-0.15, -0.1) is 0 Å². The molecule has 0 spiro atoms. The van der Waals surface area contributed by atoms with Gasteiger partial charge in [-0.3, -0.25) is 0 Å². The summed E-state index contributed by atoms with van der Waals surface area (Å²) >= 11 is 0. The highest BCUT2D eigenvalue weighted by Gasteiger charge is 2.28. The third kappa shape index (κ3) is 9.67. The summed E-state index contributed by atoms with van der Waals surface area (Å²) in [7, 11) is 0. The Labute approximate surface area is 712 Å². The van der Waals surface area contributed by atoms with Gasteiger partial charge >= 0.3 is 0 Å². The van der Waals surface area contributed by atoms with Crippen LogP contribution >= 0.6 is 0 Å². The molecule has 0 fully saturated rings. The Bertz CT molecular complexity index is 9200. The largest absolute Gasteiger partial charge is 0.309 e. The Kier molecular flexibility index (Phi) is 13.9. The van der Waals surface area contributed by atoms with Crippen molar-refractivity contribution in [3.8, 4) is 123 Å². The van der Waals surface area contributed by atoms with Gasteiger partial charge in [0.1, 0.15) is 0 Å². The Balaban J connectivity index is 0.534. The van der Waals surface area contributed by atoms with Crippen molar-refractivity contribution < 1.29 is 0 Å². The molecule has 2 aliphatic rings. The van der Waals surface area contributed by atoms with Gasteiger partial charge in [-0.2, -0.15) is 0 Å². The zero-order valence-corrected chi connectivity index (χ0v) is 67.2. The van der Waals surface area contributed by atoms with Gasteiger partial charge in [0.25, 0.3) is 0 Å². The number of fused-ring (bicyclic) bond motifs is 24. The first kappa shape index (κ1) is 67.5. The molecule has 0 aliphatic heterocycles. The highest BCUT2D eigenvalue weighted by Crippen LogP contribution is 2.53. The summed E-state index contributed by atoms with van der Waals surface area (Å²) in [4.78, 5) is 0. The zero-order valence-electron chi connectivity index (χ0n) is 67.2. The number of nitrogens with zero attached hydrogens (tertiary/aromatic N) is 4. The Morgan fingerprint density at radius 1 is 0.121 bits per heavy atom. The first-order chi connectivity index (χ1) is 61.5. The van der Waals surface area contributed by atoms with E-state index in [1.165, 1.54) is 213 Å². The van der Waals surface area contributed by atoms with Crippen molar-refractivity contribution in [3.05, 3.63) is 425 Å². The molecule has 570 valence electrons. The fraction of sp³-hybridized carbons (Fsp3) is 0. The summed E-state index contributed by atoms with van der Waals surface area (Å²) in [5.74, 6) is 0. The van der Waals surface area contributed by atoms with E-state index in [-0.39, 0.29) is 0 Å². The highest BCUT2D eigenvalue weighted by atomic mass is 15.0. The number of para-hydroxylation sites is 2. The molecule has 22 aromatic carbocycles. The maximum absolute atomic E-state index is 2.53. The summed E-state index contributed by atoms with van der Waals surface area (Å²) in [6.07, 6.45) is 0. The molecule has 26 aromatic rings. The minimum absolute atomic E-state index is 1.11. The van der Waals surface area contributed by atoms with E-state index in [4.69, 9.17) is 0 Å².